The van der Waals surface area contributed by atoms with Gasteiger partial charge in [-0.05, 0) is 29.3 Å². The summed E-state index contributed by atoms with van der Waals surface area (Å²) in [4.78, 5) is 14.0. The summed E-state index contributed by atoms with van der Waals surface area (Å²) >= 11 is 0. The van der Waals surface area contributed by atoms with E-state index in [1.165, 1.54) is 4.90 Å². The maximum Gasteiger partial charge on any atom is 0.244 e. The fraction of sp³-hybridized carbons (Fsp3) is 0.318. The Morgan fingerprint density at radius 3 is 2.52 bits per heavy atom. The Hall–Kier alpha value is -2.63. The third-order valence-corrected chi connectivity index (χ3v) is 4.75. The van der Waals surface area contributed by atoms with Crippen LogP contribution in [0.3, 0.4) is 0 Å². The largest absolute Gasteiger partial charge is 0.497 e. The Morgan fingerprint density at radius 1 is 1.15 bits per heavy atom. The van der Waals surface area contributed by atoms with Crippen LogP contribution in [0.4, 0.5) is 0 Å². The highest BCUT2D eigenvalue weighted by molar-refractivity contribution is 5.92. The van der Waals surface area contributed by atoms with Gasteiger partial charge in [0.2, 0.25) is 5.91 Å². The van der Waals surface area contributed by atoms with Crippen LogP contribution < -0.4 is 15.0 Å². The van der Waals surface area contributed by atoms with Crippen LogP contribution in [0, 0.1) is 0 Å². The van der Waals surface area contributed by atoms with E-state index < -0.39 is 0 Å². The molecule has 1 saturated heterocycles. The maximum absolute atomic E-state index is 12.5. The van der Waals surface area contributed by atoms with E-state index in [1.807, 2.05) is 48.5 Å². The molecule has 0 saturated carbocycles. The number of morpholine rings is 1. The third kappa shape index (κ3) is 5.94. The number of hydrogen-bond acceptors (Lipinski definition) is 3. The Balaban J connectivity index is 1.64. The molecule has 1 aliphatic heterocycles. The minimum atomic E-state index is -0.0904. The molecule has 2 aromatic carbocycles. The minimum absolute atomic E-state index is 0.0210. The summed E-state index contributed by atoms with van der Waals surface area (Å²) in [6.07, 6.45) is 3.41. The van der Waals surface area contributed by atoms with Crippen LogP contribution in [-0.2, 0) is 9.53 Å². The SMILES string of the molecule is COc1ccc(/C=C/C(=O)N[C@H](C[NH+]2CCOCC2)c2ccccc2)cc1. The molecule has 5 nitrogen and oxygen atoms in total. The van der Waals surface area contributed by atoms with E-state index in [2.05, 4.69) is 17.4 Å². The highest BCUT2D eigenvalue weighted by atomic mass is 16.5. The van der Waals surface area contributed by atoms with Gasteiger partial charge < -0.3 is 19.7 Å². The lowest BCUT2D eigenvalue weighted by Crippen LogP contribution is -3.14. The van der Waals surface area contributed by atoms with Crippen molar-refractivity contribution < 1.29 is 19.2 Å². The Bertz CT molecular complexity index is 738. The van der Waals surface area contributed by atoms with Gasteiger partial charge in [0.15, 0.2) is 0 Å². The molecule has 2 N–H and O–H groups in total. The first-order chi connectivity index (χ1) is 13.2. The zero-order chi connectivity index (χ0) is 18.9. The number of benzene rings is 2. The number of amides is 1. The van der Waals surface area contributed by atoms with Crippen LogP contribution in [0.15, 0.2) is 60.7 Å². The Morgan fingerprint density at radius 2 is 1.85 bits per heavy atom. The zero-order valence-corrected chi connectivity index (χ0v) is 15.7. The smallest absolute Gasteiger partial charge is 0.244 e. The van der Waals surface area contributed by atoms with E-state index in [-0.39, 0.29) is 11.9 Å². The van der Waals surface area contributed by atoms with Crippen LogP contribution in [0.1, 0.15) is 17.2 Å². The number of rotatable bonds is 7. The molecule has 5 heteroatoms. The van der Waals surface area contributed by atoms with Crippen molar-refractivity contribution >= 4 is 12.0 Å². The normalized spacial score (nSPS) is 16.2. The van der Waals surface area contributed by atoms with E-state index in [0.29, 0.717) is 0 Å². The van der Waals surface area contributed by atoms with E-state index >= 15 is 0 Å². The first kappa shape index (κ1) is 19.1. The van der Waals surface area contributed by atoms with Gasteiger partial charge in [-0.15, -0.1) is 0 Å². The van der Waals surface area contributed by atoms with Crippen LogP contribution in [0.25, 0.3) is 6.08 Å². The highest BCUT2D eigenvalue weighted by Gasteiger charge is 2.22. The van der Waals surface area contributed by atoms with Gasteiger partial charge in [0.25, 0.3) is 0 Å². The molecule has 1 amide bonds. The second-order valence-corrected chi connectivity index (χ2v) is 6.64. The number of carbonyl (C=O) groups excluding carboxylic acids is 1. The van der Waals surface area contributed by atoms with Gasteiger partial charge in [0.05, 0.1) is 20.3 Å². The van der Waals surface area contributed by atoms with Crippen molar-refractivity contribution in [1.29, 1.82) is 0 Å². The molecule has 0 spiro atoms. The monoisotopic (exact) mass is 367 g/mol. The molecule has 1 fully saturated rings. The van der Waals surface area contributed by atoms with E-state index in [9.17, 15) is 4.79 Å². The number of methoxy groups -OCH3 is 1. The van der Waals surface area contributed by atoms with Gasteiger partial charge in [0, 0.05) is 6.08 Å². The second kappa shape index (κ2) is 9.90. The predicted molar refractivity (Wildman–Crippen MR) is 106 cm³/mol. The van der Waals surface area contributed by atoms with Crippen molar-refractivity contribution in [1.82, 2.24) is 5.32 Å². The quantitative estimate of drug-likeness (QED) is 0.729. The summed E-state index contributed by atoms with van der Waals surface area (Å²) in [6, 6.07) is 17.7. The molecule has 0 radical (unpaired) electrons. The van der Waals surface area contributed by atoms with Crippen LogP contribution >= 0.6 is 0 Å². The molecule has 1 atom stereocenters. The maximum atomic E-state index is 12.5. The van der Waals surface area contributed by atoms with Gasteiger partial charge in [0.1, 0.15) is 31.4 Å². The number of ether oxygens (including phenoxy) is 2. The molecular formula is C22H27N2O3+. The van der Waals surface area contributed by atoms with Gasteiger partial charge in [-0.1, -0.05) is 42.5 Å². The van der Waals surface area contributed by atoms with Gasteiger partial charge in [-0.25, -0.2) is 0 Å². The van der Waals surface area contributed by atoms with Crippen LogP contribution in [0.2, 0.25) is 0 Å². The fourth-order valence-corrected chi connectivity index (χ4v) is 3.20. The molecule has 1 heterocycles. The van der Waals surface area contributed by atoms with Crippen LogP contribution in [-0.4, -0.2) is 45.9 Å². The van der Waals surface area contributed by atoms with E-state index in [4.69, 9.17) is 9.47 Å². The molecule has 1 aliphatic rings. The molecular weight excluding hydrogens is 340 g/mol. The topological polar surface area (TPSA) is 52.0 Å². The van der Waals surface area contributed by atoms with Gasteiger partial charge in [-0.2, -0.15) is 0 Å². The van der Waals surface area contributed by atoms with Crippen molar-refractivity contribution in [3.63, 3.8) is 0 Å². The molecule has 3 rings (SSSR count). The lowest BCUT2D eigenvalue weighted by atomic mass is 10.1. The molecule has 0 unspecified atom stereocenters. The average Bonchev–Trinajstić information content (AvgIpc) is 2.73. The van der Waals surface area contributed by atoms with Crippen LogP contribution in [0.5, 0.6) is 5.75 Å². The van der Waals surface area contributed by atoms with Crippen molar-refractivity contribution in [3.05, 3.63) is 71.8 Å². The van der Waals surface area contributed by atoms with Crippen molar-refractivity contribution in [3.8, 4) is 5.75 Å². The third-order valence-electron chi connectivity index (χ3n) is 4.75. The highest BCUT2D eigenvalue weighted by Crippen LogP contribution is 2.13. The molecule has 2 aromatic rings. The molecule has 142 valence electrons. The molecule has 27 heavy (non-hydrogen) atoms. The first-order valence-corrected chi connectivity index (χ1v) is 9.33. The number of nitrogens with one attached hydrogen (secondary N) is 2. The summed E-state index contributed by atoms with van der Waals surface area (Å²) in [5.74, 6) is 0.710. The predicted octanol–water partition coefficient (Wildman–Crippen LogP) is 1.48. The minimum Gasteiger partial charge on any atom is -0.497 e. The lowest BCUT2D eigenvalue weighted by Gasteiger charge is -2.28. The summed E-state index contributed by atoms with van der Waals surface area (Å²) in [5, 5.41) is 3.16. The van der Waals surface area contributed by atoms with E-state index in [0.717, 1.165) is 49.7 Å². The zero-order valence-electron chi connectivity index (χ0n) is 15.7. The van der Waals surface area contributed by atoms with Crippen molar-refractivity contribution in [2.45, 2.75) is 6.04 Å². The fourth-order valence-electron chi connectivity index (χ4n) is 3.20. The second-order valence-electron chi connectivity index (χ2n) is 6.64. The van der Waals surface area contributed by atoms with E-state index in [1.54, 1.807) is 13.2 Å². The van der Waals surface area contributed by atoms with Crippen molar-refractivity contribution in [2.75, 3.05) is 40.0 Å². The Kier molecular flexibility index (Phi) is 7.02. The molecule has 0 aliphatic carbocycles. The standard InChI is InChI=1S/C22H26N2O3/c1-26-20-10-7-18(8-11-20)9-12-22(25)23-21(19-5-3-2-4-6-19)17-24-13-15-27-16-14-24/h2-12,21H,13-17H2,1H3,(H,23,25)/p+1/b12-9+/t21-/m1/s1. The number of hydrogen-bond donors (Lipinski definition) is 2. The van der Waals surface area contributed by atoms with Gasteiger partial charge in [-0.3, -0.25) is 4.79 Å². The molecule has 0 bridgehead atoms. The van der Waals surface area contributed by atoms with Crippen molar-refractivity contribution in [2.24, 2.45) is 0 Å². The van der Waals surface area contributed by atoms with Gasteiger partial charge >= 0.3 is 0 Å². The summed E-state index contributed by atoms with van der Waals surface area (Å²) in [6.45, 7) is 4.36. The summed E-state index contributed by atoms with van der Waals surface area (Å²) in [7, 11) is 1.64. The Labute approximate surface area is 160 Å². The summed E-state index contributed by atoms with van der Waals surface area (Å²) in [5.41, 5.74) is 2.09. The lowest BCUT2D eigenvalue weighted by molar-refractivity contribution is -0.909. The summed E-state index contributed by atoms with van der Waals surface area (Å²) < 4.78 is 10.6. The number of quaternary nitrogens is 1. The molecule has 0 aromatic heterocycles. The number of carbonyl (C=O) groups is 1. The average molecular weight is 367 g/mol. The first-order valence-electron chi connectivity index (χ1n) is 9.33.